The topological polar surface area (TPSA) is 66.6 Å². The van der Waals surface area contributed by atoms with Crippen molar-refractivity contribution in [3.05, 3.63) is 42.1 Å². The van der Waals surface area contributed by atoms with Crippen molar-refractivity contribution in [2.75, 3.05) is 12.5 Å². The molecule has 18 heavy (non-hydrogen) atoms. The zero-order valence-corrected chi connectivity index (χ0v) is 9.63. The van der Waals surface area contributed by atoms with E-state index >= 15 is 0 Å². The van der Waals surface area contributed by atoms with Crippen LogP contribution in [0.1, 0.15) is 5.56 Å². The van der Waals surface area contributed by atoms with Crippen LogP contribution < -0.4 is 19.9 Å². The fourth-order valence-corrected chi connectivity index (χ4v) is 1.69. The Bertz CT molecular complexity index is 572. The number of ether oxygens (including phenoxy) is 3. The van der Waals surface area contributed by atoms with Gasteiger partial charge in [-0.3, -0.25) is 0 Å². The van der Waals surface area contributed by atoms with E-state index < -0.39 is 0 Å². The first kappa shape index (κ1) is 10.7. The van der Waals surface area contributed by atoms with Gasteiger partial charge in [0, 0.05) is 18.0 Å². The van der Waals surface area contributed by atoms with Gasteiger partial charge >= 0.3 is 0 Å². The van der Waals surface area contributed by atoms with Gasteiger partial charge in [0.2, 0.25) is 12.7 Å². The minimum absolute atomic E-state index is 0.274. The fourth-order valence-electron chi connectivity index (χ4n) is 1.69. The first-order valence-electron chi connectivity index (χ1n) is 5.54. The van der Waals surface area contributed by atoms with Gasteiger partial charge in [0.25, 0.3) is 0 Å². The van der Waals surface area contributed by atoms with E-state index in [2.05, 4.69) is 4.98 Å². The van der Waals surface area contributed by atoms with Gasteiger partial charge in [0.1, 0.15) is 6.61 Å². The Hall–Kier alpha value is -2.43. The number of nitrogens with two attached hydrogens (primary N) is 1. The van der Waals surface area contributed by atoms with E-state index in [0.29, 0.717) is 18.2 Å². The number of rotatable bonds is 3. The SMILES string of the molecule is Nc1ccnc(OCc2ccc3c(c2)OCO3)c1. The highest BCUT2D eigenvalue weighted by Gasteiger charge is 2.13. The van der Waals surface area contributed by atoms with Crippen LogP contribution in [0.5, 0.6) is 17.4 Å². The summed E-state index contributed by atoms with van der Waals surface area (Å²) in [5, 5.41) is 0. The average molecular weight is 244 g/mol. The van der Waals surface area contributed by atoms with Gasteiger partial charge in [-0.25, -0.2) is 4.98 Å². The molecule has 5 heteroatoms. The van der Waals surface area contributed by atoms with Gasteiger partial charge in [0.05, 0.1) is 0 Å². The average Bonchev–Trinajstić information content (AvgIpc) is 2.84. The highest BCUT2D eigenvalue weighted by molar-refractivity contribution is 5.44. The van der Waals surface area contributed by atoms with Crippen LogP contribution in [0.4, 0.5) is 5.69 Å². The number of anilines is 1. The van der Waals surface area contributed by atoms with Crippen LogP contribution in [0.3, 0.4) is 0 Å². The molecular weight excluding hydrogens is 232 g/mol. The molecule has 3 rings (SSSR count). The molecule has 92 valence electrons. The number of nitrogen functional groups attached to an aromatic ring is 1. The molecular formula is C13H12N2O3. The number of benzene rings is 1. The molecule has 0 saturated carbocycles. The lowest BCUT2D eigenvalue weighted by molar-refractivity contribution is 0.174. The smallest absolute Gasteiger partial charge is 0.231 e. The van der Waals surface area contributed by atoms with Crippen LogP contribution in [0, 0.1) is 0 Å². The van der Waals surface area contributed by atoms with Gasteiger partial charge in [-0.15, -0.1) is 0 Å². The molecule has 1 aliphatic rings. The van der Waals surface area contributed by atoms with E-state index in [1.54, 1.807) is 18.3 Å². The summed E-state index contributed by atoms with van der Waals surface area (Å²) in [7, 11) is 0. The van der Waals surface area contributed by atoms with Crippen molar-refractivity contribution in [2.45, 2.75) is 6.61 Å². The van der Waals surface area contributed by atoms with Crippen LogP contribution in [-0.2, 0) is 6.61 Å². The minimum atomic E-state index is 0.274. The molecule has 0 amide bonds. The quantitative estimate of drug-likeness (QED) is 0.894. The van der Waals surface area contributed by atoms with Gasteiger partial charge in [0.15, 0.2) is 11.5 Å². The monoisotopic (exact) mass is 244 g/mol. The van der Waals surface area contributed by atoms with Crippen molar-refractivity contribution in [3.63, 3.8) is 0 Å². The summed E-state index contributed by atoms with van der Waals surface area (Å²) in [4.78, 5) is 4.07. The van der Waals surface area contributed by atoms with E-state index in [9.17, 15) is 0 Å². The maximum Gasteiger partial charge on any atom is 0.231 e. The summed E-state index contributed by atoms with van der Waals surface area (Å²) in [5.74, 6) is 2.02. The molecule has 1 aromatic heterocycles. The van der Waals surface area contributed by atoms with E-state index in [1.807, 2.05) is 18.2 Å². The van der Waals surface area contributed by atoms with Crippen LogP contribution in [0.2, 0.25) is 0 Å². The predicted molar refractivity (Wildman–Crippen MR) is 65.5 cm³/mol. The number of nitrogens with zero attached hydrogens (tertiary/aromatic N) is 1. The molecule has 0 bridgehead atoms. The van der Waals surface area contributed by atoms with Crippen molar-refractivity contribution in [1.82, 2.24) is 4.98 Å². The normalized spacial score (nSPS) is 12.4. The lowest BCUT2D eigenvalue weighted by Crippen LogP contribution is -1.98. The second-order valence-electron chi connectivity index (χ2n) is 3.90. The lowest BCUT2D eigenvalue weighted by atomic mass is 10.2. The molecule has 1 aromatic carbocycles. The summed E-state index contributed by atoms with van der Waals surface area (Å²) in [5.41, 5.74) is 7.26. The third-order valence-corrected chi connectivity index (χ3v) is 2.58. The minimum Gasteiger partial charge on any atom is -0.473 e. The second-order valence-corrected chi connectivity index (χ2v) is 3.90. The van der Waals surface area contributed by atoms with Crippen LogP contribution in [-0.4, -0.2) is 11.8 Å². The zero-order chi connectivity index (χ0) is 12.4. The molecule has 5 nitrogen and oxygen atoms in total. The van der Waals surface area contributed by atoms with Crippen molar-refractivity contribution in [1.29, 1.82) is 0 Å². The number of hydrogen-bond donors (Lipinski definition) is 1. The van der Waals surface area contributed by atoms with Gasteiger partial charge < -0.3 is 19.9 Å². The number of pyridine rings is 1. The van der Waals surface area contributed by atoms with Crippen molar-refractivity contribution < 1.29 is 14.2 Å². The molecule has 0 saturated heterocycles. The predicted octanol–water partition coefficient (Wildman–Crippen LogP) is 1.97. The molecule has 1 aliphatic heterocycles. The van der Waals surface area contributed by atoms with Crippen LogP contribution in [0.25, 0.3) is 0 Å². The van der Waals surface area contributed by atoms with Gasteiger partial charge in [-0.1, -0.05) is 6.07 Å². The molecule has 0 spiro atoms. The van der Waals surface area contributed by atoms with E-state index in [4.69, 9.17) is 19.9 Å². The van der Waals surface area contributed by atoms with E-state index in [1.165, 1.54) is 0 Å². The van der Waals surface area contributed by atoms with Crippen molar-refractivity contribution in [3.8, 4) is 17.4 Å². The summed E-state index contributed by atoms with van der Waals surface area (Å²) < 4.78 is 16.1. The summed E-state index contributed by atoms with van der Waals surface area (Å²) >= 11 is 0. The first-order valence-corrected chi connectivity index (χ1v) is 5.54. The molecule has 2 aromatic rings. The van der Waals surface area contributed by atoms with Crippen LogP contribution in [0.15, 0.2) is 36.5 Å². The first-order chi connectivity index (χ1) is 8.81. The lowest BCUT2D eigenvalue weighted by Gasteiger charge is -2.06. The summed E-state index contributed by atoms with van der Waals surface area (Å²) in [6, 6.07) is 9.10. The number of aromatic nitrogens is 1. The number of fused-ring (bicyclic) bond motifs is 1. The van der Waals surface area contributed by atoms with Crippen molar-refractivity contribution in [2.24, 2.45) is 0 Å². The third kappa shape index (κ3) is 2.15. The molecule has 0 aliphatic carbocycles. The summed E-state index contributed by atoms with van der Waals surface area (Å²) in [6.07, 6.45) is 1.62. The second kappa shape index (κ2) is 4.44. The van der Waals surface area contributed by atoms with E-state index in [-0.39, 0.29) is 6.79 Å². The van der Waals surface area contributed by atoms with Crippen LogP contribution >= 0.6 is 0 Å². The maximum atomic E-state index is 5.64. The van der Waals surface area contributed by atoms with Crippen molar-refractivity contribution >= 4 is 5.69 Å². The van der Waals surface area contributed by atoms with Gasteiger partial charge in [-0.2, -0.15) is 0 Å². The fraction of sp³-hybridized carbons (Fsp3) is 0.154. The van der Waals surface area contributed by atoms with Gasteiger partial charge in [-0.05, 0) is 23.8 Å². The summed E-state index contributed by atoms with van der Waals surface area (Å²) in [6.45, 7) is 0.684. The standard InChI is InChI=1S/C13H12N2O3/c14-10-3-4-15-13(6-10)16-7-9-1-2-11-12(5-9)18-8-17-11/h1-6H,7-8H2,(H2,14,15). The third-order valence-electron chi connectivity index (χ3n) is 2.58. The Morgan fingerprint density at radius 3 is 2.94 bits per heavy atom. The molecule has 0 fully saturated rings. The Balaban J connectivity index is 1.70. The Morgan fingerprint density at radius 1 is 1.17 bits per heavy atom. The highest BCUT2D eigenvalue weighted by atomic mass is 16.7. The Labute approximate surface area is 104 Å². The zero-order valence-electron chi connectivity index (χ0n) is 9.63. The Kier molecular flexibility index (Phi) is 2.64. The molecule has 2 N–H and O–H groups in total. The number of hydrogen-bond acceptors (Lipinski definition) is 5. The van der Waals surface area contributed by atoms with E-state index in [0.717, 1.165) is 17.1 Å². The molecule has 0 unspecified atom stereocenters. The molecule has 2 heterocycles. The maximum absolute atomic E-state index is 5.64. The molecule has 0 radical (unpaired) electrons. The largest absolute Gasteiger partial charge is 0.473 e. The Morgan fingerprint density at radius 2 is 2.06 bits per heavy atom. The highest BCUT2D eigenvalue weighted by Crippen LogP contribution is 2.32. The molecule has 0 atom stereocenters.